The Bertz CT molecular complexity index is 1330. The summed E-state index contributed by atoms with van der Waals surface area (Å²) >= 11 is 0. The van der Waals surface area contributed by atoms with E-state index >= 15 is 0 Å². The number of aliphatic carboxylic acids is 1. The number of aliphatic hydroxyl groups excluding tert-OH is 5. The topological polar surface area (TPSA) is 225 Å². The maximum absolute atomic E-state index is 13.2. The van der Waals surface area contributed by atoms with Crippen LogP contribution >= 0.6 is 0 Å². The zero-order chi connectivity index (χ0) is 41.2. The molecule has 334 valence electrons. The van der Waals surface area contributed by atoms with Crippen molar-refractivity contribution in [2.24, 2.45) is 52.1 Å². The summed E-state index contributed by atoms with van der Waals surface area (Å²) in [7, 11) is 1.61. The first-order valence-electron chi connectivity index (χ1n) is 23.1. The van der Waals surface area contributed by atoms with Gasteiger partial charge < -0.3 is 66.0 Å². The molecule has 0 amide bonds. The highest BCUT2D eigenvalue weighted by molar-refractivity contribution is 5.68. The molecule has 7 fully saturated rings. The maximum atomic E-state index is 13.2. The summed E-state index contributed by atoms with van der Waals surface area (Å²) < 4.78 is 25.2. The van der Waals surface area contributed by atoms with Crippen LogP contribution in [0.1, 0.15) is 122 Å². The first-order chi connectivity index (χ1) is 27.9. The molecular weight excluding hydrogens is 746 g/mol. The first-order valence-corrected chi connectivity index (χ1v) is 23.1. The van der Waals surface area contributed by atoms with Crippen LogP contribution in [-0.2, 0) is 23.7 Å². The lowest BCUT2D eigenvalue weighted by atomic mass is 9.40. The fourth-order valence-corrected chi connectivity index (χ4v) is 14.7. The third kappa shape index (κ3) is 9.06. The number of hydrogen-bond donors (Lipinski definition) is 9. The maximum Gasteiger partial charge on any atom is 0.304 e. The minimum atomic E-state index is -0.896. The van der Waals surface area contributed by atoms with Crippen LogP contribution in [0.15, 0.2) is 0 Å². The number of hydrogen-bond acceptors (Lipinski definition) is 13. The van der Waals surface area contributed by atoms with Crippen LogP contribution in [0.5, 0.6) is 0 Å². The van der Waals surface area contributed by atoms with Gasteiger partial charge in [-0.1, -0.05) is 6.42 Å². The van der Waals surface area contributed by atoms with Crippen LogP contribution in [0.25, 0.3) is 0 Å². The van der Waals surface area contributed by atoms with E-state index in [4.69, 9.17) is 24.7 Å². The van der Waals surface area contributed by atoms with Crippen LogP contribution < -0.4 is 16.4 Å². The van der Waals surface area contributed by atoms with E-state index in [-0.39, 0.29) is 79.4 Å². The molecule has 7 aliphatic rings. The molecule has 19 atom stereocenters. The largest absolute Gasteiger partial charge is 0.481 e. The lowest BCUT2D eigenvalue weighted by molar-refractivity contribution is -0.214. The molecule has 0 bridgehead atoms. The number of piperidine rings is 2. The summed E-state index contributed by atoms with van der Waals surface area (Å²) in [5.74, 6) is 0.144. The second-order valence-corrected chi connectivity index (χ2v) is 19.9. The van der Waals surface area contributed by atoms with E-state index in [9.17, 15) is 35.4 Å². The Hall–Kier alpha value is -1.01. The van der Waals surface area contributed by atoms with Crippen molar-refractivity contribution < 1.29 is 54.4 Å². The predicted molar refractivity (Wildman–Crippen MR) is 215 cm³/mol. The number of methoxy groups -OCH3 is 1. The average Bonchev–Trinajstić information content (AvgIpc) is 3.61. The average molecular weight is 824 g/mol. The van der Waals surface area contributed by atoms with Gasteiger partial charge in [-0.25, -0.2) is 0 Å². The SMILES string of the molecule is COC1CC(C2OC(CCC3CCC(O)C(OCO)C3)CC(O)C2CCO)CC(OCC2NC(C)CC34CCCC3CCC(C3CCNC(N)C3)C24CC(=O)O)C1O. The van der Waals surface area contributed by atoms with Crippen LogP contribution in [-0.4, -0.2) is 137 Å². The molecule has 0 aromatic carbocycles. The van der Waals surface area contributed by atoms with E-state index in [0.29, 0.717) is 56.3 Å². The van der Waals surface area contributed by atoms with Crippen molar-refractivity contribution in [1.82, 2.24) is 10.6 Å². The van der Waals surface area contributed by atoms with Gasteiger partial charge in [-0.15, -0.1) is 0 Å². The molecule has 19 unspecified atom stereocenters. The molecule has 3 heterocycles. The number of ether oxygens (including phenoxy) is 4. The number of carboxylic acid groups (broad SMARTS) is 1. The van der Waals surface area contributed by atoms with Gasteiger partial charge in [0.25, 0.3) is 0 Å². The molecule has 4 aliphatic carbocycles. The normalized spacial score (nSPS) is 48.6. The number of nitrogens with one attached hydrogen (secondary N) is 2. The van der Waals surface area contributed by atoms with Gasteiger partial charge in [0, 0.05) is 37.1 Å². The van der Waals surface area contributed by atoms with Crippen LogP contribution in [0.4, 0.5) is 0 Å². The van der Waals surface area contributed by atoms with Crippen molar-refractivity contribution in [1.29, 1.82) is 0 Å². The molecule has 10 N–H and O–H groups in total. The summed E-state index contributed by atoms with van der Waals surface area (Å²) in [5.41, 5.74) is 5.90. The van der Waals surface area contributed by atoms with E-state index in [1.54, 1.807) is 7.11 Å². The standard InChI is InChI=1S/C44H77N3O11/c1-25-21-43-13-3-4-29(43)7-9-32(27-11-14-46-39(45)19-27)44(43,22-40(52)53)38(47-25)23-56-37-18-28(17-36(55-2)41(37)54)42-31(12-15-48)34(51)20-30(58-42)8-5-26-6-10-33(50)35(16-26)57-24-49/h25-39,41-42,46-51,54H,3-24,45H2,1-2H3,(H,52,53). The molecule has 14 nitrogen and oxygen atoms in total. The number of carboxylic acids is 1. The smallest absolute Gasteiger partial charge is 0.304 e. The lowest BCUT2D eigenvalue weighted by Crippen LogP contribution is -2.71. The summed E-state index contributed by atoms with van der Waals surface area (Å²) in [4.78, 5) is 13.2. The number of rotatable bonds is 15. The Morgan fingerprint density at radius 2 is 1.69 bits per heavy atom. The zero-order valence-corrected chi connectivity index (χ0v) is 35.2. The predicted octanol–water partition coefficient (Wildman–Crippen LogP) is 2.64. The summed E-state index contributed by atoms with van der Waals surface area (Å²) in [6.45, 7) is 2.86. The second kappa shape index (κ2) is 19.6. The quantitative estimate of drug-likeness (QED) is 0.108. The molecule has 4 saturated carbocycles. The zero-order valence-electron chi connectivity index (χ0n) is 35.2. The Kier molecular flexibility index (Phi) is 15.2. The van der Waals surface area contributed by atoms with Gasteiger partial charge in [0.1, 0.15) is 12.9 Å². The van der Waals surface area contributed by atoms with Gasteiger partial charge in [-0.05, 0) is 151 Å². The fourth-order valence-electron chi connectivity index (χ4n) is 14.7. The van der Waals surface area contributed by atoms with Gasteiger partial charge in [-0.3, -0.25) is 4.79 Å². The van der Waals surface area contributed by atoms with Gasteiger partial charge in [-0.2, -0.15) is 0 Å². The van der Waals surface area contributed by atoms with E-state index in [1.807, 2.05) is 0 Å². The summed E-state index contributed by atoms with van der Waals surface area (Å²) in [5, 5.41) is 71.3. The van der Waals surface area contributed by atoms with Gasteiger partial charge in [0.15, 0.2) is 0 Å². The van der Waals surface area contributed by atoms with Crippen molar-refractivity contribution in [2.75, 3.05) is 33.7 Å². The summed E-state index contributed by atoms with van der Waals surface area (Å²) in [6, 6.07) is -0.0264. The fraction of sp³-hybridized carbons (Fsp3) is 0.977. The minimum absolute atomic E-state index is 0.0745. The van der Waals surface area contributed by atoms with Gasteiger partial charge >= 0.3 is 5.97 Å². The van der Waals surface area contributed by atoms with Crippen molar-refractivity contribution in [2.45, 2.75) is 190 Å². The molecule has 3 saturated heterocycles. The van der Waals surface area contributed by atoms with E-state index < -0.39 is 48.7 Å². The minimum Gasteiger partial charge on any atom is -0.481 e. The molecule has 1 spiro atoms. The van der Waals surface area contributed by atoms with Crippen LogP contribution in [0.3, 0.4) is 0 Å². The molecule has 58 heavy (non-hydrogen) atoms. The van der Waals surface area contributed by atoms with Gasteiger partial charge in [0.05, 0.1) is 61.9 Å². The van der Waals surface area contributed by atoms with E-state index in [0.717, 1.165) is 77.2 Å². The Labute approximate surface area is 345 Å². The second-order valence-electron chi connectivity index (χ2n) is 19.9. The summed E-state index contributed by atoms with van der Waals surface area (Å²) in [6.07, 6.45) is 9.60. The van der Waals surface area contributed by atoms with Crippen molar-refractivity contribution >= 4 is 5.97 Å². The number of carbonyl (C=O) groups is 1. The third-order valence-corrected chi connectivity index (χ3v) is 17.0. The van der Waals surface area contributed by atoms with Crippen molar-refractivity contribution in [3.05, 3.63) is 0 Å². The molecule has 0 radical (unpaired) electrons. The molecule has 7 rings (SSSR count). The Balaban J connectivity index is 1.11. The first kappa shape index (κ1) is 45.0. The molecule has 0 aromatic heterocycles. The monoisotopic (exact) mass is 824 g/mol. The molecule has 14 heteroatoms. The Morgan fingerprint density at radius 1 is 0.879 bits per heavy atom. The van der Waals surface area contributed by atoms with Crippen molar-refractivity contribution in [3.63, 3.8) is 0 Å². The molecular formula is C44H77N3O11. The highest BCUT2D eigenvalue weighted by Crippen LogP contribution is 2.71. The highest BCUT2D eigenvalue weighted by atomic mass is 16.6. The van der Waals surface area contributed by atoms with Crippen LogP contribution in [0.2, 0.25) is 0 Å². The third-order valence-electron chi connectivity index (χ3n) is 17.0. The molecule has 0 aromatic rings. The lowest BCUT2D eigenvalue weighted by Gasteiger charge is -2.67. The number of nitrogens with two attached hydrogens (primary N) is 1. The van der Waals surface area contributed by atoms with Crippen LogP contribution in [0, 0.1) is 46.3 Å². The van der Waals surface area contributed by atoms with Crippen molar-refractivity contribution in [3.8, 4) is 0 Å². The highest BCUT2D eigenvalue weighted by Gasteiger charge is 2.69. The number of aliphatic hydroxyl groups is 5. The van der Waals surface area contributed by atoms with E-state index in [1.165, 1.54) is 0 Å². The van der Waals surface area contributed by atoms with E-state index in [2.05, 4.69) is 17.6 Å². The Morgan fingerprint density at radius 3 is 2.43 bits per heavy atom. The molecule has 3 aliphatic heterocycles. The van der Waals surface area contributed by atoms with Gasteiger partial charge in [0.2, 0.25) is 0 Å².